The van der Waals surface area contributed by atoms with E-state index in [1.807, 2.05) is 34.9 Å². The molecule has 0 atom stereocenters. The van der Waals surface area contributed by atoms with Gasteiger partial charge in [-0.1, -0.05) is 69.2 Å². The first-order valence-electron chi connectivity index (χ1n) is 11.8. The van der Waals surface area contributed by atoms with Gasteiger partial charge in [-0.05, 0) is 35.6 Å². The molecule has 0 saturated heterocycles. The van der Waals surface area contributed by atoms with Gasteiger partial charge in [0.25, 0.3) is 0 Å². The lowest BCUT2D eigenvalue weighted by atomic mass is 9.99. The van der Waals surface area contributed by atoms with Crippen LogP contribution in [0.25, 0.3) is 11.1 Å². The standard InChI is InChI=1S/C27H34N2O5/c1-5-7-17-28-24(26(33-3)34-4)23(10-6-2)29(27(28)32)18-19-13-15-20(16-14-19)21-11-8-9-12-22(21)25(30)31/h8-9,11-16,26H,5-7,10,17-18H2,1-4H3,(H,30,31). The molecule has 3 aromatic rings. The first kappa shape index (κ1) is 25.5. The molecular weight excluding hydrogens is 432 g/mol. The van der Waals surface area contributed by atoms with E-state index in [-0.39, 0.29) is 11.3 Å². The van der Waals surface area contributed by atoms with E-state index >= 15 is 0 Å². The summed E-state index contributed by atoms with van der Waals surface area (Å²) < 4.78 is 14.7. The van der Waals surface area contributed by atoms with Crippen molar-refractivity contribution >= 4 is 5.97 Å². The fourth-order valence-electron chi connectivity index (χ4n) is 4.33. The number of hydrogen-bond acceptors (Lipinski definition) is 4. The van der Waals surface area contributed by atoms with Crippen molar-refractivity contribution in [2.75, 3.05) is 14.2 Å². The first-order chi connectivity index (χ1) is 16.5. The van der Waals surface area contributed by atoms with Crippen LogP contribution in [0.1, 0.15) is 66.7 Å². The Kier molecular flexibility index (Phi) is 8.85. The molecule has 0 aliphatic heterocycles. The van der Waals surface area contributed by atoms with Crippen LogP contribution in [0.4, 0.5) is 0 Å². The van der Waals surface area contributed by atoms with Crippen LogP contribution in [0, 0.1) is 0 Å². The molecule has 0 spiro atoms. The summed E-state index contributed by atoms with van der Waals surface area (Å²) in [6.45, 7) is 5.22. The van der Waals surface area contributed by atoms with Crippen molar-refractivity contribution in [3.05, 3.63) is 81.5 Å². The molecule has 0 radical (unpaired) electrons. The van der Waals surface area contributed by atoms with Crippen molar-refractivity contribution in [3.63, 3.8) is 0 Å². The zero-order chi connectivity index (χ0) is 24.7. The monoisotopic (exact) mass is 466 g/mol. The van der Waals surface area contributed by atoms with Crippen molar-refractivity contribution in [2.45, 2.75) is 58.9 Å². The summed E-state index contributed by atoms with van der Waals surface area (Å²) in [6.07, 6.45) is 2.87. The molecule has 0 unspecified atom stereocenters. The molecule has 34 heavy (non-hydrogen) atoms. The van der Waals surface area contributed by atoms with Gasteiger partial charge in [-0.25, -0.2) is 9.59 Å². The largest absolute Gasteiger partial charge is 0.478 e. The molecule has 0 bridgehead atoms. The number of ether oxygens (including phenoxy) is 2. The number of unbranched alkanes of at least 4 members (excludes halogenated alkanes) is 1. The maximum atomic E-state index is 13.5. The molecule has 7 heteroatoms. The third kappa shape index (κ3) is 5.32. The zero-order valence-electron chi connectivity index (χ0n) is 20.4. The Morgan fingerprint density at radius 2 is 1.65 bits per heavy atom. The van der Waals surface area contributed by atoms with Gasteiger partial charge in [-0.15, -0.1) is 0 Å². The lowest BCUT2D eigenvalue weighted by molar-refractivity contribution is -0.111. The van der Waals surface area contributed by atoms with Crippen LogP contribution in [0.15, 0.2) is 53.3 Å². The van der Waals surface area contributed by atoms with Gasteiger partial charge in [0.15, 0.2) is 6.29 Å². The van der Waals surface area contributed by atoms with Gasteiger partial charge in [-0.2, -0.15) is 0 Å². The summed E-state index contributed by atoms with van der Waals surface area (Å²) in [7, 11) is 3.17. The molecule has 1 aromatic heterocycles. The minimum atomic E-state index is -0.956. The molecule has 0 fully saturated rings. The number of methoxy groups -OCH3 is 2. The average molecular weight is 467 g/mol. The van der Waals surface area contributed by atoms with Crippen LogP contribution in [-0.2, 0) is 29.0 Å². The number of hydrogen-bond donors (Lipinski definition) is 1. The Balaban J connectivity index is 2.02. The third-order valence-electron chi connectivity index (χ3n) is 6.01. The molecule has 1 heterocycles. The van der Waals surface area contributed by atoms with Gasteiger partial charge in [0.05, 0.1) is 17.8 Å². The maximum Gasteiger partial charge on any atom is 0.336 e. The SMILES string of the molecule is CCCCn1c(C(OC)OC)c(CCC)n(Cc2ccc(-c3ccccc3C(=O)O)cc2)c1=O. The molecule has 7 nitrogen and oxygen atoms in total. The number of nitrogens with zero attached hydrogens (tertiary/aromatic N) is 2. The van der Waals surface area contributed by atoms with Gasteiger partial charge >= 0.3 is 11.7 Å². The minimum Gasteiger partial charge on any atom is -0.478 e. The smallest absolute Gasteiger partial charge is 0.336 e. The number of imidazole rings is 1. The van der Waals surface area contributed by atoms with Crippen molar-refractivity contribution in [3.8, 4) is 11.1 Å². The molecule has 0 saturated carbocycles. The quantitative estimate of drug-likeness (QED) is 0.375. The number of aromatic nitrogens is 2. The Morgan fingerprint density at radius 3 is 2.24 bits per heavy atom. The predicted molar refractivity (Wildman–Crippen MR) is 132 cm³/mol. The Labute approximate surface area is 200 Å². The van der Waals surface area contributed by atoms with E-state index in [0.29, 0.717) is 18.7 Å². The number of rotatable bonds is 12. The van der Waals surface area contributed by atoms with Crippen LogP contribution in [0.2, 0.25) is 0 Å². The van der Waals surface area contributed by atoms with Crippen molar-refractivity contribution in [1.82, 2.24) is 9.13 Å². The lowest BCUT2D eigenvalue weighted by Crippen LogP contribution is -2.26. The van der Waals surface area contributed by atoms with Crippen molar-refractivity contribution in [2.24, 2.45) is 0 Å². The number of aromatic carboxylic acids is 1. The topological polar surface area (TPSA) is 82.7 Å². The van der Waals surface area contributed by atoms with Crippen molar-refractivity contribution in [1.29, 1.82) is 0 Å². The molecule has 2 aromatic carbocycles. The third-order valence-corrected chi connectivity index (χ3v) is 6.01. The van der Waals surface area contributed by atoms with Crippen LogP contribution in [0.3, 0.4) is 0 Å². The summed E-state index contributed by atoms with van der Waals surface area (Å²) in [6, 6.07) is 14.7. The highest BCUT2D eigenvalue weighted by molar-refractivity contribution is 5.95. The lowest BCUT2D eigenvalue weighted by Gasteiger charge is -2.18. The van der Waals surface area contributed by atoms with Gasteiger partial charge < -0.3 is 14.6 Å². The van der Waals surface area contributed by atoms with Crippen LogP contribution >= 0.6 is 0 Å². The highest BCUT2D eigenvalue weighted by Gasteiger charge is 2.26. The molecule has 1 N–H and O–H groups in total. The number of carboxylic acid groups (broad SMARTS) is 1. The Bertz CT molecular complexity index is 1160. The average Bonchev–Trinajstić information content (AvgIpc) is 3.10. The van der Waals surface area contributed by atoms with Gasteiger partial charge in [0.1, 0.15) is 0 Å². The van der Waals surface area contributed by atoms with Crippen LogP contribution in [0.5, 0.6) is 0 Å². The number of benzene rings is 2. The van der Waals surface area contributed by atoms with Gasteiger partial charge in [0.2, 0.25) is 0 Å². The summed E-state index contributed by atoms with van der Waals surface area (Å²) >= 11 is 0. The minimum absolute atomic E-state index is 0.0636. The van der Waals surface area contributed by atoms with E-state index in [4.69, 9.17) is 9.47 Å². The van der Waals surface area contributed by atoms with Crippen LogP contribution in [-0.4, -0.2) is 34.4 Å². The van der Waals surface area contributed by atoms with E-state index in [2.05, 4.69) is 13.8 Å². The summed E-state index contributed by atoms with van der Waals surface area (Å²) in [5.41, 5.74) is 4.37. The van der Waals surface area contributed by atoms with Crippen molar-refractivity contribution < 1.29 is 19.4 Å². The van der Waals surface area contributed by atoms with E-state index < -0.39 is 12.3 Å². The van der Waals surface area contributed by atoms with Crippen LogP contribution < -0.4 is 5.69 Å². The number of carboxylic acids is 1. The second kappa shape index (κ2) is 11.8. The fourth-order valence-corrected chi connectivity index (χ4v) is 4.33. The molecule has 182 valence electrons. The van der Waals surface area contributed by atoms with E-state index in [1.54, 1.807) is 37.0 Å². The number of carbonyl (C=O) groups is 1. The zero-order valence-corrected chi connectivity index (χ0v) is 20.4. The fraction of sp³-hybridized carbons (Fsp3) is 0.407. The summed E-state index contributed by atoms with van der Waals surface area (Å²) in [5, 5.41) is 9.50. The molecule has 0 aliphatic carbocycles. The van der Waals surface area contributed by atoms with Gasteiger partial charge in [0, 0.05) is 26.5 Å². The highest BCUT2D eigenvalue weighted by atomic mass is 16.7. The molecule has 0 amide bonds. The summed E-state index contributed by atoms with van der Waals surface area (Å²) in [4.78, 5) is 25.1. The van der Waals surface area contributed by atoms with E-state index in [0.717, 1.165) is 48.2 Å². The second-order valence-corrected chi connectivity index (χ2v) is 8.31. The Morgan fingerprint density at radius 1 is 0.971 bits per heavy atom. The Hall–Kier alpha value is -3.16. The predicted octanol–water partition coefficient (Wildman–Crippen LogP) is 5.11. The highest BCUT2D eigenvalue weighted by Crippen LogP contribution is 2.26. The van der Waals surface area contributed by atoms with E-state index in [9.17, 15) is 14.7 Å². The second-order valence-electron chi connectivity index (χ2n) is 8.31. The maximum absolute atomic E-state index is 13.5. The molecular formula is C27H34N2O5. The molecule has 3 rings (SSSR count). The van der Waals surface area contributed by atoms with E-state index in [1.165, 1.54) is 0 Å². The molecule has 0 aliphatic rings. The first-order valence-corrected chi connectivity index (χ1v) is 11.8. The normalized spacial score (nSPS) is 11.3. The summed E-state index contributed by atoms with van der Waals surface area (Å²) in [5.74, 6) is -0.956. The van der Waals surface area contributed by atoms with Gasteiger partial charge in [-0.3, -0.25) is 9.13 Å².